The number of nitrogens with two attached hydrogens (primary N) is 1. The molecule has 0 unspecified atom stereocenters. The fourth-order valence-corrected chi connectivity index (χ4v) is 5.50. The molecule has 4 heterocycles. The van der Waals surface area contributed by atoms with Crippen molar-refractivity contribution in [1.29, 1.82) is 0 Å². The van der Waals surface area contributed by atoms with Crippen LogP contribution in [0.2, 0.25) is 5.02 Å². The van der Waals surface area contributed by atoms with Gasteiger partial charge < -0.3 is 11.1 Å². The second-order valence-electron chi connectivity index (χ2n) is 10.3. The number of amides is 2. The zero-order chi connectivity index (χ0) is 29.7. The lowest BCUT2D eigenvalue weighted by molar-refractivity contribution is -0.123. The monoisotopic (exact) mass is 596 g/mol. The van der Waals surface area contributed by atoms with Gasteiger partial charge in [-0.3, -0.25) is 24.2 Å². The van der Waals surface area contributed by atoms with Crippen molar-refractivity contribution in [2.45, 2.75) is 32.2 Å². The number of aromatic nitrogens is 5. The average molecular weight is 597 g/mol. The molecule has 0 spiro atoms. The second-order valence-corrected chi connectivity index (χ2v) is 10.7. The standard InChI is InChI=1S/C28H24ClF3N8O2/c1-13(15-6-20(33)26(35-7-15)39-11-14-2-3-17(14)28(39)42)40-12-16(8-36-40)37-27(41)22-10-34-9-21(38-22)23-18(25(31)32)4-5-19(29)24(23)30/h4-10,12-14,17,25H,2-3,11,33H2,1H3,(H,37,41)/t13-,14-,17-/m1/s1. The molecule has 14 heteroatoms. The number of nitrogens with one attached hydrogen (secondary N) is 1. The number of alkyl halides is 2. The number of pyridine rings is 1. The Hall–Kier alpha value is -4.52. The van der Waals surface area contributed by atoms with Crippen LogP contribution >= 0.6 is 11.6 Å². The predicted octanol–water partition coefficient (Wildman–Crippen LogP) is 5.28. The molecule has 2 aliphatic rings. The Balaban J connectivity index is 1.18. The van der Waals surface area contributed by atoms with E-state index in [1.165, 1.54) is 6.20 Å². The fraction of sp³-hybridized carbons (Fsp3) is 0.286. The largest absolute Gasteiger partial charge is 0.396 e. The number of carbonyl (C=O) groups is 2. The summed E-state index contributed by atoms with van der Waals surface area (Å²) in [6, 6.07) is 3.46. The molecule has 42 heavy (non-hydrogen) atoms. The normalized spacial score (nSPS) is 18.6. The summed E-state index contributed by atoms with van der Waals surface area (Å²) in [5, 5.41) is 6.57. The van der Waals surface area contributed by atoms with E-state index in [1.54, 1.807) is 28.0 Å². The Morgan fingerprint density at radius 3 is 2.67 bits per heavy atom. The number of hydrogen-bond donors (Lipinski definition) is 2. The number of carbonyl (C=O) groups excluding carboxylic acids is 2. The topological polar surface area (TPSA) is 132 Å². The van der Waals surface area contributed by atoms with E-state index in [1.807, 2.05) is 6.92 Å². The molecule has 1 saturated carbocycles. The van der Waals surface area contributed by atoms with Gasteiger partial charge in [0.05, 0.1) is 46.7 Å². The van der Waals surface area contributed by atoms with Gasteiger partial charge >= 0.3 is 0 Å². The minimum Gasteiger partial charge on any atom is -0.396 e. The van der Waals surface area contributed by atoms with Crippen LogP contribution in [-0.2, 0) is 4.79 Å². The van der Waals surface area contributed by atoms with Gasteiger partial charge in [-0.2, -0.15) is 5.10 Å². The van der Waals surface area contributed by atoms with Crippen molar-refractivity contribution < 1.29 is 22.8 Å². The van der Waals surface area contributed by atoms with E-state index in [2.05, 4.69) is 25.4 Å². The first-order valence-corrected chi connectivity index (χ1v) is 13.5. The highest BCUT2D eigenvalue weighted by Crippen LogP contribution is 2.44. The molecule has 1 saturated heterocycles. The van der Waals surface area contributed by atoms with Gasteiger partial charge in [-0.1, -0.05) is 17.7 Å². The molecule has 216 valence electrons. The number of nitrogens with zero attached hydrogens (tertiary/aromatic N) is 6. The Morgan fingerprint density at radius 1 is 1.19 bits per heavy atom. The van der Waals surface area contributed by atoms with Gasteiger partial charge in [0.1, 0.15) is 5.69 Å². The number of anilines is 3. The smallest absolute Gasteiger partial charge is 0.275 e. The number of hydrogen-bond acceptors (Lipinski definition) is 7. The molecule has 0 bridgehead atoms. The van der Waals surface area contributed by atoms with Crippen LogP contribution < -0.4 is 16.0 Å². The number of rotatable bonds is 7. The van der Waals surface area contributed by atoms with Gasteiger partial charge in [0.15, 0.2) is 11.6 Å². The first kappa shape index (κ1) is 27.6. The molecule has 4 aromatic rings. The lowest BCUT2D eigenvalue weighted by Crippen LogP contribution is -2.29. The van der Waals surface area contributed by atoms with E-state index in [0.29, 0.717) is 29.7 Å². The van der Waals surface area contributed by atoms with Gasteiger partial charge in [0, 0.05) is 36.0 Å². The van der Waals surface area contributed by atoms with Crippen molar-refractivity contribution in [3.63, 3.8) is 0 Å². The van der Waals surface area contributed by atoms with Crippen LogP contribution in [0, 0.1) is 17.7 Å². The summed E-state index contributed by atoms with van der Waals surface area (Å²) in [6.07, 6.45) is 5.79. The summed E-state index contributed by atoms with van der Waals surface area (Å²) in [4.78, 5) is 39.7. The van der Waals surface area contributed by atoms with Crippen LogP contribution in [0.3, 0.4) is 0 Å². The lowest BCUT2D eigenvalue weighted by atomic mass is 9.76. The molecule has 1 aromatic carbocycles. The molecular formula is C28H24ClF3N8O2. The molecule has 0 radical (unpaired) electrons. The molecule has 1 aliphatic carbocycles. The third-order valence-corrected chi connectivity index (χ3v) is 8.11. The van der Waals surface area contributed by atoms with E-state index in [4.69, 9.17) is 17.3 Å². The average Bonchev–Trinajstić information content (AvgIpc) is 3.50. The van der Waals surface area contributed by atoms with Crippen LogP contribution in [0.5, 0.6) is 0 Å². The quantitative estimate of drug-likeness (QED) is 0.297. The second kappa shape index (κ2) is 10.7. The maximum absolute atomic E-state index is 14.7. The van der Waals surface area contributed by atoms with E-state index in [-0.39, 0.29) is 34.3 Å². The zero-order valence-corrected chi connectivity index (χ0v) is 22.9. The van der Waals surface area contributed by atoms with Gasteiger partial charge in [0.2, 0.25) is 5.91 Å². The Bertz CT molecular complexity index is 1710. The third kappa shape index (κ3) is 4.83. The third-order valence-electron chi connectivity index (χ3n) is 7.81. The van der Waals surface area contributed by atoms with Crippen molar-refractivity contribution in [2.24, 2.45) is 11.8 Å². The van der Waals surface area contributed by atoms with E-state index < -0.39 is 29.3 Å². The van der Waals surface area contributed by atoms with E-state index in [9.17, 15) is 22.8 Å². The van der Waals surface area contributed by atoms with Crippen LogP contribution in [-0.4, -0.2) is 43.1 Å². The summed E-state index contributed by atoms with van der Waals surface area (Å²) in [5.74, 6) is -0.821. The number of benzene rings is 1. The Kier molecular flexibility index (Phi) is 7.05. The summed E-state index contributed by atoms with van der Waals surface area (Å²) in [7, 11) is 0. The molecule has 3 aromatic heterocycles. The molecule has 3 N–H and O–H groups in total. The van der Waals surface area contributed by atoms with Crippen LogP contribution in [0.1, 0.15) is 53.8 Å². The lowest BCUT2D eigenvalue weighted by Gasteiger charge is -2.25. The highest BCUT2D eigenvalue weighted by molar-refractivity contribution is 6.31. The summed E-state index contributed by atoms with van der Waals surface area (Å²) in [6.45, 7) is 2.50. The maximum atomic E-state index is 14.7. The van der Waals surface area contributed by atoms with E-state index in [0.717, 1.165) is 42.9 Å². The van der Waals surface area contributed by atoms with Crippen molar-refractivity contribution in [1.82, 2.24) is 24.7 Å². The molecule has 3 atom stereocenters. The first-order chi connectivity index (χ1) is 20.1. The predicted molar refractivity (Wildman–Crippen MR) is 149 cm³/mol. The summed E-state index contributed by atoms with van der Waals surface area (Å²) >= 11 is 5.80. The first-order valence-electron chi connectivity index (χ1n) is 13.1. The van der Waals surface area contributed by atoms with Crippen LogP contribution in [0.4, 0.5) is 30.4 Å². The summed E-state index contributed by atoms with van der Waals surface area (Å²) in [5.41, 5.74) is 6.09. The highest BCUT2D eigenvalue weighted by Gasteiger charge is 2.47. The molecule has 2 amide bonds. The van der Waals surface area contributed by atoms with Crippen molar-refractivity contribution in [3.8, 4) is 11.3 Å². The Labute approximate surface area is 242 Å². The van der Waals surface area contributed by atoms with Gasteiger partial charge in [-0.25, -0.2) is 23.1 Å². The highest BCUT2D eigenvalue weighted by atomic mass is 35.5. The SMILES string of the molecule is C[C@H](c1cnc(N2C[C@H]3CC[C@H]3C2=O)c(N)c1)n1cc(NC(=O)c2cncc(-c3c(C(F)F)ccc(Cl)c3F)n2)cn1. The van der Waals surface area contributed by atoms with Crippen molar-refractivity contribution in [2.75, 3.05) is 22.5 Å². The molecule has 2 fully saturated rings. The number of nitrogen functional groups attached to an aromatic ring is 1. The van der Waals surface area contributed by atoms with Gasteiger partial charge in [0.25, 0.3) is 12.3 Å². The molecular weight excluding hydrogens is 573 g/mol. The maximum Gasteiger partial charge on any atom is 0.275 e. The van der Waals surface area contributed by atoms with Crippen LogP contribution in [0.25, 0.3) is 11.3 Å². The van der Waals surface area contributed by atoms with Crippen molar-refractivity contribution >= 4 is 40.6 Å². The van der Waals surface area contributed by atoms with Crippen LogP contribution in [0.15, 0.2) is 49.2 Å². The fourth-order valence-electron chi connectivity index (χ4n) is 5.34. The van der Waals surface area contributed by atoms with Gasteiger partial charge in [-0.15, -0.1) is 0 Å². The molecule has 1 aliphatic heterocycles. The zero-order valence-electron chi connectivity index (χ0n) is 22.1. The summed E-state index contributed by atoms with van der Waals surface area (Å²) < 4.78 is 43.4. The van der Waals surface area contributed by atoms with E-state index >= 15 is 0 Å². The van der Waals surface area contributed by atoms with Gasteiger partial charge in [-0.05, 0) is 43.4 Å². The molecule has 6 rings (SSSR count). The minimum absolute atomic E-state index is 0.0705. The minimum atomic E-state index is -3.00. The number of halogens is 4. The molecule has 10 nitrogen and oxygen atoms in total. The number of fused-ring (bicyclic) bond motifs is 1. The van der Waals surface area contributed by atoms with Crippen molar-refractivity contribution in [3.05, 3.63) is 76.8 Å². The Morgan fingerprint density at radius 2 is 2.00 bits per heavy atom.